The van der Waals surface area contributed by atoms with Crippen LogP contribution in [-0.4, -0.2) is 18.9 Å². The molecule has 1 aromatic rings. The van der Waals surface area contributed by atoms with Crippen molar-refractivity contribution >= 4 is 6.16 Å². The van der Waals surface area contributed by atoms with Gasteiger partial charge in [-0.1, -0.05) is 30.3 Å². The molecule has 0 aromatic heterocycles. The van der Waals surface area contributed by atoms with E-state index < -0.39 is 6.16 Å². The lowest BCUT2D eigenvalue weighted by atomic mass is 10.2. The molecule has 1 saturated carbocycles. The van der Waals surface area contributed by atoms with E-state index >= 15 is 0 Å². The maximum atomic E-state index is 11.0. The molecule has 0 atom stereocenters. The normalized spacial score (nSPS) is 14.7. The van der Waals surface area contributed by atoms with Crippen molar-refractivity contribution in [1.82, 2.24) is 0 Å². The Bertz CT molecular complexity index is 317. The van der Waals surface area contributed by atoms with Crippen LogP contribution in [0, 0.1) is 0 Å². The Morgan fingerprint density at radius 2 is 2.00 bits per heavy atom. The molecule has 1 fully saturated rings. The lowest BCUT2D eigenvalue weighted by Gasteiger charge is -2.04. The zero-order valence-electron chi connectivity index (χ0n) is 8.52. The third kappa shape index (κ3) is 3.62. The number of ether oxygens (including phenoxy) is 2. The molecule has 80 valence electrons. The molecule has 15 heavy (non-hydrogen) atoms. The zero-order chi connectivity index (χ0) is 10.5. The number of carbonyl (C=O) groups excluding carboxylic acids is 1. The summed E-state index contributed by atoms with van der Waals surface area (Å²) < 4.78 is 9.87. The van der Waals surface area contributed by atoms with Gasteiger partial charge in [0.05, 0.1) is 6.61 Å². The molecular weight excluding hydrogens is 192 g/mol. The van der Waals surface area contributed by atoms with E-state index in [1.165, 1.54) is 0 Å². The van der Waals surface area contributed by atoms with E-state index in [-0.39, 0.29) is 6.10 Å². The summed E-state index contributed by atoms with van der Waals surface area (Å²) in [6, 6.07) is 9.92. The molecule has 0 heterocycles. The molecule has 3 nitrogen and oxygen atoms in total. The fraction of sp³-hybridized carbons (Fsp3) is 0.417. The lowest BCUT2D eigenvalue weighted by Crippen LogP contribution is -2.10. The smallest absolute Gasteiger partial charge is 0.434 e. The number of rotatable bonds is 4. The van der Waals surface area contributed by atoms with Crippen LogP contribution in [-0.2, 0) is 15.9 Å². The van der Waals surface area contributed by atoms with Crippen molar-refractivity contribution in [1.29, 1.82) is 0 Å². The first-order valence-corrected chi connectivity index (χ1v) is 5.22. The summed E-state index contributed by atoms with van der Waals surface area (Å²) in [6.45, 7) is 0.384. The predicted molar refractivity (Wildman–Crippen MR) is 55.6 cm³/mol. The average molecular weight is 206 g/mol. The molecule has 0 bridgehead atoms. The Balaban J connectivity index is 1.63. The van der Waals surface area contributed by atoms with E-state index in [0.29, 0.717) is 6.61 Å². The third-order valence-electron chi connectivity index (χ3n) is 2.24. The van der Waals surface area contributed by atoms with Crippen LogP contribution in [0.2, 0.25) is 0 Å². The summed E-state index contributed by atoms with van der Waals surface area (Å²) in [5.74, 6) is 0. The fourth-order valence-electron chi connectivity index (χ4n) is 1.25. The lowest BCUT2D eigenvalue weighted by molar-refractivity contribution is 0.0506. The molecule has 0 unspecified atom stereocenters. The quantitative estimate of drug-likeness (QED) is 0.710. The largest absolute Gasteiger partial charge is 0.508 e. The zero-order valence-corrected chi connectivity index (χ0v) is 8.52. The van der Waals surface area contributed by atoms with Gasteiger partial charge in [-0.25, -0.2) is 4.79 Å². The summed E-state index contributed by atoms with van der Waals surface area (Å²) in [6.07, 6.45) is 2.28. The Morgan fingerprint density at radius 1 is 1.27 bits per heavy atom. The Hall–Kier alpha value is -1.51. The van der Waals surface area contributed by atoms with Gasteiger partial charge in [0.25, 0.3) is 0 Å². The average Bonchev–Trinajstić information content (AvgIpc) is 3.03. The second-order valence-corrected chi connectivity index (χ2v) is 3.65. The number of carbonyl (C=O) groups is 1. The van der Waals surface area contributed by atoms with Crippen LogP contribution in [0.25, 0.3) is 0 Å². The van der Waals surface area contributed by atoms with Crippen molar-refractivity contribution in [3.05, 3.63) is 35.9 Å². The van der Waals surface area contributed by atoms with Crippen LogP contribution in [0.4, 0.5) is 4.79 Å². The van der Waals surface area contributed by atoms with Crippen molar-refractivity contribution in [3.8, 4) is 0 Å². The van der Waals surface area contributed by atoms with Crippen LogP contribution in [0.1, 0.15) is 18.4 Å². The van der Waals surface area contributed by atoms with Gasteiger partial charge in [-0.05, 0) is 18.4 Å². The summed E-state index contributed by atoms with van der Waals surface area (Å²) >= 11 is 0. The maximum Gasteiger partial charge on any atom is 0.508 e. The Labute approximate surface area is 89.0 Å². The first-order valence-electron chi connectivity index (χ1n) is 5.22. The van der Waals surface area contributed by atoms with Crippen molar-refractivity contribution in [2.45, 2.75) is 25.4 Å². The monoisotopic (exact) mass is 206 g/mol. The van der Waals surface area contributed by atoms with Gasteiger partial charge in [0, 0.05) is 6.42 Å². The van der Waals surface area contributed by atoms with Crippen LogP contribution in [0.3, 0.4) is 0 Å². The van der Waals surface area contributed by atoms with E-state index in [1.54, 1.807) is 0 Å². The third-order valence-corrected chi connectivity index (χ3v) is 2.24. The highest BCUT2D eigenvalue weighted by molar-refractivity contribution is 5.60. The molecule has 0 saturated heterocycles. The van der Waals surface area contributed by atoms with Gasteiger partial charge in [-0.3, -0.25) is 0 Å². The first kappa shape index (κ1) is 10.0. The molecule has 1 aromatic carbocycles. The molecule has 0 spiro atoms. The van der Waals surface area contributed by atoms with Gasteiger partial charge >= 0.3 is 6.16 Å². The van der Waals surface area contributed by atoms with Gasteiger partial charge < -0.3 is 9.47 Å². The van der Waals surface area contributed by atoms with Crippen LogP contribution < -0.4 is 0 Å². The minimum atomic E-state index is -0.534. The Kier molecular flexibility index (Phi) is 3.22. The van der Waals surface area contributed by atoms with Crippen LogP contribution in [0.15, 0.2) is 30.3 Å². The molecule has 1 aliphatic carbocycles. The second kappa shape index (κ2) is 4.82. The topological polar surface area (TPSA) is 35.5 Å². The molecule has 0 amide bonds. The summed E-state index contributed by atoms with van der Waals surface area (Å²) in [5, 5.41) is 0. The molecule has 0 aliphatic heterocycles. The van der Waals surface area contributed by atoms with Crippen molar-refractivity contribution in [2.75, 3.05) is 6.61 Å². The van der Waals surface area contributed by atoms with Gasteiger partial charge in [0.1, 0.15) is 6.10 Å². The second-order valence-electron chi connectivity index (χ2n) is 3.65. The molecular formula is C12H14O3. The highest BCUT2D eigenvalue weighted by atomic mass is 16.7. The number of hydrogen-bond donors (Lipinski definition) is 0. The number of benzene rings is 1. The molecule has 2 rings (SSSR count). The van der Waals surface area contributed by atoms with Gasteiger partial charge in [-0.15, -0.1) is 0 Å². The minimum absolute atomic E-state index is 0.120. The predicted octanol–water partition coefficient (Wildman–Crippen LogP) is 2.54. The van der Waals surface area contributed by atoms with Gasteiger partial charge in [0.15, 0.2) is 0 Å². The highest BCUT2D eigenvalue weighted by Gasteiger charge is 2.26. The van der Waals surface area contributed by atoms with Crippen molar-refractivity contribution < 1.29 is 14.3 Å². The summed E-state index contributed by atoms with van der Waals surface area (Å²) in [4.78, 5) is 11.0. The standard InChI is InChI=1S/C12H14O3/c13-12(15-11-6-7-11)14-9-8-10-4-2-1-3-5-10/h1-5,11H,6-9H2. The summed E-state index contributed by atoms with van der Waals surface area (Å²) in [5.41, 5.74) is 1.16. The van der Waals surface area contributed by atoms with E-state index in [9.17, 15) is 4.79 Å². The maximum absolute atomic E-state index is 11.0. The van der Waals surface area contributed by atoms with E-state index in [2.05, 4.69) is 0 Å². The van der Waals surface area contributed by atoms with E-state index in [0.717, 1.165) is 24.8 Å². The molecule has 1 aliphatic rings. The first-order chi connectivity index (χ1) is 7.34. The van der Waals surface area contributed by atoms with E-state index in [4.69, 9.17) is 9.47 Å². The van der Waals surface area contributed by atoms with Gasteiger partial charge in [0.2, 0.25) is 0 Å². The number of hydrogen-bond acceptors (Lipinski definition) is 3. The molecule has 3 heteroatoms. The van der Waals surface area contributed by atoms with Gasteiger partial charge in [-0.2, -0.15) is 0 Å². The SMILES string of the molecule is O=C(OCCc1ccccc1)OC1CC1. The molecule has 0 radical (unpaired) electrons. The van der Waals surface area contributed by atoms with Crippen LogP contribution in [0.5, 0.6) is 0 Å². The fourth-order valence-corrected chi connectivity index (χ4v) is 1.25. The van der Waals surface area contributed by atoms with Crippen molar-refractivity contribution in [3.63, 3.8) is 0 Å². The van der Waals surface area contributed by atoms with E-state index in [1.807, 2.05) is 30.3 Å². The highest BCUT2D eigenvalue weighted by Crippen LogP contribution is 2.23. The van der Waals surface area contributed by atoms with Crippen molar-refractivity contribution in [2.24, 2.45) is 0 Å². The molecule has 0 N–H and O–H groups in total. The minimum Gasteiger partial charge on any atom is -0.434 e. The summed E-state index contributed by atoms with van der Waals surface area (Å²) in [7, 11) is 0. The Morgan fingerprint density at radius 3 is 2.67 bits per heavy atom. The van der Waals surface area contributed by atoms with Crippen LogP contribution >= 0.6 is 0 Å².